The molecule has 81 heavy (non-hydrogen) atoms. The van der Waals surface area contributed by atoms with Crippen LogP contribution in [0.15, 0.2) is 59.7 Å². The predicted molar refractivity (Wildman–Crippen MR) is 291 cm³/mol. The molecule has 6 aromatic heterocycles. The smallest absolute Gasteiger partial charge is 0.394 e. The highest BCUT2D eigenvalue weighted by Crippen LogP contribution is 2.41. The minimum atomic E-state index is -4.44. The van der Waals surface area contributed by atoms with Gasteiger partial charge in [-0.15, -0.1) is 0 Å². The molecule has 25 heteroatoms. The molecular formula is C56H53F7N14O3S. The summed E-state index contributed by atoms with van der Waals surface area (Å²) >= 11 is 5.46. The van der Waals surface area contributed by atoms with Gasteiger partial charge in [0.1, 0.15) is 63.5 Å². The Morgan fingerprint density at radius 1 is 0.642 bits per heavy atom. The lowest BCUT2D eigenvalue weighted by atomic mass is 9.84. The van der Waals surface area contributed by atoms with E-state index in [1.54, 1.807) is 31.3 Å². The molecule has 420 valence electrons. The molecule has 0 saturated carbocycles. The fourth-order valence-corrected chi connectivity index (χ4v) is 13.6. The number of alkyl halides is 3. The van der Waals surface area contributed by atoms with Crippen molar-refractivity contribution in [1.29, 1.82) is 0 Å². The molecule has 14 rings (SSSR count). The summed E-state index contributed by atoms with van der Waals surface area (Å²) in [6.45, 7) is 2.37. The molecule has 6 aliphatic rings. The molecule has 4 unspecified atom stereocenters. The molecule has 0 aliphatic carbocycles. The van der Waals surface area contributed by atoms with Gasteiger partial charge in [-0.25, -0.2) is 17.6 Å². The number of likely N-dealkylation sites (tertiary alicyclic amines) is 2. The minimum Gasteiger partial charge on any atom is -0.462 e. The molecular weight excluding hydrogens is 1080 g/mol. The summed E-state index contributed by atoms with van der Waals surface area (Å²) in [5, 5.41) is 8.45. The van der Waals surface area contributed by atoms with Gasteiger partial charge in [-0.1, -0.05) is 30.4 Å². The van der Waals surface area contributed by atoms with Crippen LogP contribution in [-0.2, 0) is 6.42 Å². The normalized spacial score (nSPS) is 24.9. The lowest BCUT2D eigenvalue weighted by molar-refractivity contribution is -0.230. The number of hydrogen-bond acceptors (Lipinski definition) is 16. The SMILES string of the molecule is CN1C[C@@H](Cc2cc(F)c3c(-c4ncc5c(N6CC7CCC(C6)N7)nc(OC[C@@H]6[C@H](C(F)(F)F)CN6C)nc5c4F)[nH]c(=O)cc3c2)[C@H]1COc1nc(N2CC3CCC(C2)N3)c2cnc(-c3[nH]c(=S)cc4cccc(F)c34)c(F)c2n1. The number of likely N-dealkylation sites (N-methyl/N-ethyl adjacent to an activating group) is 2. The van der Waals surface area contributed by atoms with Gasteiger partial charge in [0, 0.05) is 98.7 Å². The van der Waals surface area contributed by atoms with Gasteiger partial charge < -0.3 is 39.9 Å². The molecule has 8 atom stereocenters. The molecule has 2 aromatic carbocycles. The van der Waals surface area contributed by atoms with Crippen molar-refractivity contribution in [3.8, 4) is 34.8 Å². The predicted octanol–water partition coefficient (Wildman–Crippen LogP) is 7.61. The van der Waals surface area contributed by atoms with E-state index < -0.39 is 59.3 Å². The topological polar surface area (TPSA) is 181 Å². The highest BCUT2D eigenvalue weighted by Gasteiger charge is 2.53. The molecule has 4 N–H and O–H groups in total. The second kappa shape index (κ2) is 19.8. The Morgan fingerprint density at radius 3 is 1.74 bits per heavy atom. The van der Waals surface area contributed by atoms with Crippen LogP contribution in [-0.4, -0.2) is 159 Å². The highest BCUT2D eigenvalue weighted by atomic mass is 32.1. The van der Waals surface area contributed by atoms with Crippen LogP contribution in [0.1, 0.15) is 31.2 Å². The molecule has 0 spiro atoms. The summed E-state index contributed by atoms with van der Waals surface area (Å²) in [6, 6.07) is 9.46. The van der Waals surface area contributed by atoms with E-state index in [-0.39, 0.29) is 116 Å². The van der Waals surface area contributed by atoms with Crippen LogP contribution < -0.4 is 35.5 Å². The number of pyridine rings is 4. The van der Waals surface area contributed by atoms with Gasteiger partial charge in [0.15, 0.2) is 11.6 Å². The molecule has 4 bridgehead atoms. The van der Waals surface area contributed by atoms with Crippen molar-refractivity contribution in [3.63, 3.8) is 0 Å². The van der Waals surface area contributed by atoms with Gasteiger partial charge >= 0.3 is 18.2 Å². The Kier molecular flexibility index (Phi) is 12.7. The lowest BCUT2D eigenvalue weighted by Crippen LogP contribution is -2.61. The van der Waals surface area contributed by atoms with Gasteiger partial charge in [-0.3, -0.25) is 24.6 Å². The zero-order valence-corrected chi connectivity index (χ0v) is 44.6. The first-order chi connectivity index (χ1) is 39.0. The highest BCUT2D eigenvalue weighted by molar-refractivity contribution is 7.71. The summed E-state index contributed by atoms with van der Waals surface area (Å²) in [4.78, 5) is 54.2. The maximum absolute atomic E-state index is 17.3. The van der Waals surface area contributed by atoms with Gasteiger partial charge in [-0.2, -0.15) is 33.1 Å². The van der Waals surface area contributed by atoms with Crippen LogP contribution in [0.2, 0.25) is 0 Å². The molecule has 0 amide bonds. The number of piperazine rings is 2. The number of aromatic amines is 2. The third-order valence-electron chi connectivity index (χ3n) is 17.4. The standard InChI is InChI=1S/C56H53F7N14O3S/c1-74-17-28(38(74)23-79-54-70-47-34(52(72-54)76-18-29-6-7-30(19-76)66-29)16-65-51(45(47)60)49-42-26(14-41(81)69-49)4-3-5-36(42)57)11-25-10-27-13-40(78)68-48(43(27)37(58)12-25)50-44(59)46-33(15-64-50)53(77-20-31-8-9-32(21-77)67-31)73-55(71-46)80-24-39-35(22-75(39)2)56(61,62)63/h3-5,10,12-16,28-32,35,38-39,66-67H,6-9,11,17-24H2,1-2H3,(H,68,78)(H,69,81)/t28-,29?,30?,31?,32?,35-,38-,39-/m1/s1. The maximum Gasteiger partial charge on any atom is 0.394 e. The molecule has 6 aliphatic heterocycles. The first-order valence-electron chi connectivity index (χ1n) is 27.1. The van der Waals surface area contributed by atoms with E-state index in [4.69, 9.17) is 26.7 Å². The Morgan fingerprint density at radius 2 is 1.19 bits per heavy atom. The number of hydrogen-bond donors (Lipinski definition) is 4. The first kappa shape index (κ1) is 51.9. The zero-order valence-electron chi connectivity index (χ0n) is 43.8. The summed E-state index contributed by atoms with van der Waals surface area (Å²) in [5.74, 6) is -4.09. The monoisotopic (exact) mass is 1130 g/mol. The van der Waals surface area contributed by atoms with E-state index in [1.807, 2.05) is 11.9 Å². The molecule has 6 saturated heterocycles. The summed E-state index contributed by atoms with van der Waals surface area (Å²) < 4.78 is 121. The van der Waals surface area contributed by atoms with Crippen molar-refractivity contribution in [2.75, 3.05) is 76.4 Å². The zero-order chi connectivity index (χ0) is 55.7. The van der Waals surface area contributed by atoms with Crippen molar-refractivity contribution >= 4 is 67.2 Å². The Balaban J connectivity index is 0.757. The van der Waals surface area contributed by atoms with Crippen LogP contribution in [0.3, 0.4) is 0 Å². The molecule has 0 radical (unpaired) electrons. The van der Waals surface area contributed by atoms with Gasteiger partial charge in [-0.05, 0) is 86.7 Å². The maximum atomic E-state index is 17.3. The van der Waals surface area contributed by atoms with Crippen molar-refractivity contribution in [1.82, 2.24) is 60.3 Å². The van der Waals surface area contributed by atoms with Crippen molar-refractivity contribution in [2.45, 2.75) is 74.5 Å². The van der Waals surface area contributed by atoms with Crippen LogP contribution in [0.5, 0.6) is 12.0 Å². The van der Waals surface area contributed by atoms with E-state index >= 15 is 17.6 Å². The lowest BCUT2D eigenvalue weighted by Gasteiger charge is -2.46. The number of rotatable bonds is 12. The number of benzene rings is 2. The second-order valence-electron chi connectivity index (χ2n) is 22.6. The van der Waals surface area contributed by atoms with Crippen LogP contribution in [0, 0.1) is 39.7 Å². The number of nitrogens with one attached hydrogen (secondary N) is 4. The average Bonchev–Trinajstić information content (AvgIpc) is 4.06. The summed E-state index contributed by atoms with van der Waals surface area (Å²) in [6.07, 6.45) is 2.59. The number of H-pyrrole nitrogens is 2. The Hall–Kier alpha value is -7.19. The fourth-order valence-electron chi connectivity index (χ4n) is 13.4. The Bertz CT molecular complexity index is 3980. The van der Waals surface area contributed by atoms with Gasteiger partial charge in [0.05, 0.1) is 34.1 Å². The van der Waals surface area contributed by atoms with E-state index in [9.17, 15) is 18.0 Å². The minimum absolute atomic E-state index is 0.0617. The number of ether oxygens (including phenoxy) is 2. The quantitative estimate of drug-likeness (QED) is 0.0693. The largest absolute Gasteiger partial charge is 0.462 e. The summed E-state index contributed by atoms with van der Waals surface area (Å²) in [5.41, 5.74) is -1.12. The third-order valence-corrected chi connectivity index (χ3v) is 17.6. The molecule has 12 heterocycles. The number of fused-ring (bicyclic) bond motifs is 8. The van der Waals surface area contributed by atoms with E-state index in [0.29, 0.717) is 67.1 Å². The Labute approximate surface area is 462 Å². The van der Waals surface area contributed by atoms with E-state index in [1.165, 1.54) is 35.5 Å². The summed E-state index contributed by atoms with van der Waals surface area (Å²) in [7, 11) is 3.48. The molecule has 17 nitrogen and oxygen atoms in total. The molecule has 8 aromatic rings. The molecule has 6 fully saturated rings. The van der Waals surface area contributed by atoms with Crippen LogP contribution >= 0.6 is 12.2 Å². The van der Waals surface area contributed by atoms with E-state index in [0.717, 1.165) is 25.7 Å². The van der Waals surface area contributed by atoms with Gasteiger partial charge in [0.25, 0.3) is 0 Å². The van der Waals surface area contributed by atoms with Crippen LogP contribution in [0.25, 0.3) is 66.1 Å². The van der Waals surface area contributed by atoms with Crippen LogP contribution in [0.4, 0.5) is 42.4 Å². The average molecular weight is 1140 g/mol. The van der Waals surface area contributed by atoms with Crippen molar-refractivity contribution in [3.05, 3.63) is 98.7 Å². The number of anilines is 2. The van der Waals surface area contributed by atoms with Crippen molar-refractivity contribution in [2.24, 2.45) is 11.8 Å². The number of aromatic nitrogens is 8. The number of halogens is 7. The van der Waals surface area contributed by atoms with E-state index in [2.05, 4.69) is 55.3 Å². The second-order valence-corrected chi connectivity index (χ2v) is 23.1. The first-order valence-corrected chi connectivity index (χ1v) is 27.5. The fraction of sp³-hybridized carbons (Fsp3) is 0.429. The number of nitrogens with zero attached hydrogens (tertiary/aromatic N) is 10. The van der Waals surface area contributed by atoms with Crippen molar-refractivity contribution < 1.29 is 40.2 Å². The van der Waals surface area contributed by atoms with Gasteiger partial charge in [0.2, 0.25) is 5.56 Å². The third kappa shape index (κ3) is 9.24.